The Labute approximate surface area is 69.7 Å². The molecule has 0 unspecified atom stereocenters. The fraction of sp³-hybridized carbons (Fsp3) is 0.500. The van der Waals surface area contributed by atoms with E-state index < -0.39 is 0 Å². The number of nitrogens with zero attached hydrogens (tertiary/aromatic N) is 2. The molecule has 0 aliphatic rings. The van der Waals surface area contributed by atoms with Gasteiger partial charge in [0.25, 0.3) is 0 Å². The molecule has 0 saturated heterocycles. The van der Waals surface area contributed by atoms with Crippen LogP contribution in [0.1, 0.15) is 13.8 Å². The van der Waals surface area contributed by atoms with Crippen molar-refractivity contribution < 1.29 is 0 Å². The van der Waals surface area contributed by atoms with E-state index in [0.717, 1.165) is 11.2 Å². The fourth-order valence-corrected chi connectivity index (χ4v) is 0.817. The van der Waals surface area contributed by atoms with Gasteiger partial charge in [0.05, 0.1) is 4.61 Å². The maximum absolute atomic E-state index is 5.35. The van der Waals surface area contributed by atoms with Crippen LogP contribution in [0.4, 0.5) is 0 Å². The summed E-state index contributed by atoms with van der Waals surface area (Å²) in [6.45, 7) is 8.13. The number of hydrazone groups is 1. The monoisotopic (exact) mass is 205 g/mol. The summed E-state index contributed by atoms with van der Waals surface area (Å²) in [4.78, 5) is 0. The van der Waals surface area contributed by atoms with Gasteiger partial charge in [-0.2, -0.15) is 5.10 Å². The molecule has 0 rings (SSSR count). The summed E-state index contributed by atoms with van der Waals surface area (Å²) >= 11 is 3.20. The summed E-state index contributed by atoms with van der Waals surface area (Å²) in [5, 5.41) is 5.65. The first kappa shape index (κ1) is 9.49. The van der Waals surface area contributed by atoms with Gasteiger partial charge in [-0.25, -0.2) is 0 Å². The zero-order valence-electron chi connectivity index (χ0n) is 6.26. The van der Waals surface area contributed by atoms with Gasteiger partial charge >= 0.3 is 0 Å². The average molecular weight is 206 g/mol. The first-order chi connectivity index (χ1) is 4.57. The number of amidine groups is 1. The SMILES string of the molecule is C=C(Br)N(CC)/N=C(/C)N. The molecular formula is C6H12BrN3. The van der Waals surface area contributed by atoms with Gasteiger partial charge in [-0.05, 0) is 29.8 Å². The second-order valence-electron chi connectivity index (χ2n) is 1.83. The smallest absolute Gasteiger partial charge is 0.117 e. The van der Waals surface area contributed by atoms with E-state index in [4.69, 9.17) is 5.73 Å². The highest BCUT2D eigenvalue weighted by Gasteiger charge is 1.97. The van der Waals surface area contributed by atoms with Crippen LogP contribution in [0.3, 0.4) is 0 Å². The van der Waals surface area contributed by atoms with E-state index in [1.54, 1.807) is 11.9 Å². The Balaban J connectivity index is 4.09. The molecule has 58 valence electrons. The summed E-state index contributed by atoms with van der Waals surface area (Å²) in [7, 11) is 0. The first-order valence-electron chi connectivity index (χ1n) is 3.00. The number of rotatable bonds is 3. The van der Waals surface area contributed by atoms with Crippen molar-refractivity contribution in [3.05, 3.63) is 11.2 Å². The van der Waals surface area contributed by atoms with Gasteiger partial charge in [0, 0.05) is 6.54 Å². The average Bonchev–Trinajstić information content (AvgIpc) is 1.81. The van der Waals surface area contributed by atoms with E-state index in [9.17, 15) is 0 Å². The van der Waals surface area contributed by atoms with Crippen LogP contribution in [0.5, 0.6) is 0 Å². The van der Waals surface area contributed by atoms with Crippen molar-refractivity contribution in [1.82, 2.24) is 5.01 Å². The van der Waals surface area contributed by atoms with Gasteiger partial charge in [-0.15, -0.1) is 0 Å². The van der Waals surface area contributed by atoms with Crippen molar-refractivity contribution in [2.24, 2.45) is 10.8 Å². The molecule has 0 aliphatic heterocycles. The predicted octanol–water partition coefficient (Wildman–Crippen LogP) is 1.47. The molecule has 0 atom stereocenters. The van der Waals surface area contributed by atoms with Gasteiger partial charge in [0.15, 0.2) is 0 Å². The summed E-state index contributed by atoms with van der Waals surface area (Å²) in [6.07, 6.45) is 0. The molecule has 0 fully saturated rings. The zero-order valence-corrected chi connectivity index (χ0v) is 7.85. The molecule has 0 heterocycles. The van der Waals surface area contributed by atoms with Gasteiger partial charge in [0.1, 0.15) is 5.84 Å². The molecule has 3 nitrogen and oxygen atoms in total. The lowest BCUT2D eigenvalue weighted by atomic mass is 10.7. The summed E-state index contributed by atoms with van der Waals surface area (Å²) < 4.78 is 0.722. The summed E-state index contributed by atoms with van der Waals surface area (Å²) in [5.74, 6) is 0.530. The minimum Gasteiger partial charge on any atom is -0.386 e. The van der Waals surface area contributed by atoms with Gasteiger partial charge < -0.3 is 5.73 Å². The molecule has 4 heteroatoms. The Kier molecular flexibility index (Phi) is 4.11. The molecule has 0 radical (unpaired) electrons. The molecule has 0 aromatic heterocycles. The van der Waals surface area contributed by atoms with Crippen LogP contribution in [0.25, 0.3) is 0 Å². The molecule has 0 spiro atoms. The third kappa shape index (κ3) is 3.50. The van der Waals surface area contributed by atoms with Crippen LogP contribution in [0, 0.1) is 0 Å². The lowest BCUT2D eigenvalue weighted by Crippen LogP contribution is -2.18. The minimum absolute atomic E-state index is 0.530. The number of nitrogens with two attached hydrogens (primary N) is 1. The summed E-state index contributed by atoms with van der Waals surface area (Å²) in [5.41, 5.74) is 5.35. The predicted molar refractivity (Wildman–Crippen MR) is 47.7 cm³/mol. The second kappa shape index (κ2) is 4.33. The van der Waals surface area contributed by atoms with Crippen molar-refractivity contribution in [2.45, 2.75) is 13.8 Å². The third-order valence-corrected chi connectivity index (χ3v) is 1.27. The standard InChI is InChI=1S/C6H12BrN3/c1-4-10(5(2)7)9-6(3)8/h2,4H2,1,3H3,(H2,8,9). The minimum atomic E-state index is 0.530. The Morgan fingerprint density at radius 1 is 1.80 bits per heavy atom. The van der Waals surface area contributed by atoms with Crippen molar-refractivity contribution in [1.29, 1.82) is 0 Å². The van der Waals surface area contributed by atoms with Crippen molar-refractivity contribution >= 4 is 21.8 Å². The number of hydrogen-bond donors (Lipinski definition) is 1. The third-order valence-electron chi connectivity index (χ3n) is 0.858. The number of halogens is 1. The van der Waals surface area contributed by atoms with Crippen molar-refractivity contribution in [2.75, 3.05) is 6.54 Å². The Morgan fingerprint density at radius 2 is 2.30 bits per heavy atom. The van der Waals surface area contributed by atoms with Gasteiger partial charge in [-0.1, -0.05) is 6.58 Å². The maximum atomic E-state index is 5.35. The highest BCUT2D eigenvalue weighted by atomic mass is 79.9. The van der Waals surface area contributed by atoms with Crippen LogP contribution in [-0.4, -0.2) is 17.4 Å². The summed E-state index contributed by atoms with van der Waals surface area (Å²) in [6, 6.07) is 0. The van der Waals surface area contributed by atoms with Gasteiger partial charge in [-0.3, -0.25) is 5.01 Å². The maximum Gasteiger partial charge on any atom is 0.117 e. The molecule has 0 bridgehead atoms. The van der Waals surface area contributed by atoms with E-state index in [-0.39, 0.29) is 0 Å². The normalized spacial score (nSPS) is 11.3. The fourth-order valence-electron chi connectivity index (χ4n) is 0.487. The lowest BCUT2D eigenvalue weighted by molar-refractivity contribution is 0.414. The van der Waals surface area contributed by atoms with Crippen molar-refractivity contribution in [3.63, 3.8) is 0 Å². The van der Waals surface area contributed by atoms with E-state index in [0.29, 0.717) is 5.84 Å². The molecule has 0 aromatic carbocycles. The molecule has 2 N–H and O–H groups in total. The van der Waals surface area contributed by atoms with Crippen molar-refractivity contribution in [3.8, 4) is 0 Å². The van der Waals surface area contributed by atoms with E-state index in [1.165, 1.54) is 0 Å². The molecule has 10 heavy (non-hydrogen) atoms. The Morgan fingerprint density at radius 3 is 2.40 bits per heavy atom. The first-order valence-corrected chi connectivity index (χ1v) is 3.79. The Hall–Kier alpha value is -0.510. The van der Waals surface area contributed by atoms with Gasteiger partial charge in [0.2, 0.25) is 0 Å². The number of hydrogen-bond acceptors (Lipinski definition) is 2. The van der Waals surface area contributed by atoms with Crippen LogP contribution in [0.15, 0.2) is 16.3 Å². The topological polar surface area (TPSA) is 41.6 Å². The van der Waals surface area contributed by atoms with E-state index >= 15 is 0 Å². The molecule has 0 amide bonds. The van der Waals surface area contributed by atoms with Crippen LogP contribution < -0.4 is 5.73 Å². The second-order valence-corrected chi connectivity index (χ2v) is 2.75. The van der Waals surface area contributed by atoms with Crippen LogP contribution in [-0.2, 0) is 0 Å². The largest absolute Gasteiger partial charge is 0.386 e. The highest BCUT2D eigenvalue weighted by molar-refractivity contribution is 9.11. The highest BCUT2D eigenvalue weighted by Crippen LogP contribution is 2.08. The molecular weight excluding hydrogens is 194 g/mol. The van der Waals surface area contributed by atoms with E-state index in [2.05, 4.69) is 27.6 Å². The van der Waals surface area contributed by atoms with E-state index in [1.807, 2.05) is 6.92 Å². The quantitative estimate of drug-likeness (QED) is 0.328. The van der Waals surface area contributed by atoms with Crippen LogP contribution in [0.2, 0.25) is 0 Å². The van der Waals surface area contributed by atoms with Crippen LogP contribution >= 0.6 is 15.9 Å². The molecule has 0 aromatic rings. The molecule has 0 aliphatic carbocycles. The Bertz CT molecular complexity index is 149. The molecule has 0 saturated carbocycles. The lowest BCUT2D eigenvalue weighted by Gasteiger charge is -2.14. The zero-order chi connectivity index (χ0) is 8.15.